The lowest BCUT2D eigenvalue weighted by molar-refractivity contribution is -0.0328. The molecule has 1 aromatic carbocycles. The van der Waals surface area contributed by atoms with E-state index in [0.29, 0.717) is 10.5 Å². The van der Waals surface area contributed by atoms with Crippen LogP contribution in [0.15, 0.2) is 46.3 Å². The van der Waals surface area contributed by atoms with Gasteiger partial charge in [0.2, 0.25) is 0 Å². The first-order valence-corrected chi connectivity index (χ1v) is 9.21. The van der Waals surface area contributed by atoms with Gasteiger partial charge in [0.25, 0.3) is 0 Å². The first kappa shape index (κ1) is 17.5. The quantitative estimate of drug-likeness (QED) is 0.403. The minimum atomic E-state index is -4.30. The van der Waals surface area contributed by atoms with Crippen LogP contribution in [0, 0.1) is 0 Å². The van der Waals surface area contributed by atoms with Gasteiger partial charge in [-0.2, -0.15) is 13.2 Å². The smallest absolute Gasteiger partial charge is 0.354 e. The summed E-state index contributed by atoms with van der Waals surface area (Å²) in [7, 11) is 0. The zero-order valence-electron chi connectivity index (χ0n) is 12.4. The molecule has 0 saturated heterocycles. The van der Waals surface area contributed by atoms with Crippen LogP contribution in [0.3, 0.4) is 0 Å². The number of rotatable bonds is 4. The Hall–Kier alpha value is -1.31. The van der Waals surface area contributed by atoms with Gasteiger partial charge in [-0.25, -0.2) is 4.98 Å². The molecule has 0 aliphatic rings. The molecule has 3 rings (SSSR count). The first-order chi connectivity index (χ1) is 11.4. The highest BCUT2D eigenvalue weighted by Gasteiger charge is 2.29. The number of hydrogen-bond donors (Lipinski definition) is 1. The second kappa shape index (κ2) is 6.90. The van der Waals surface area contributed by atoms with Crippen molar-refractivity contribution in [2.24, 2.45) is 0 Å². The predicted molar refractivity (Wildman–Crippen MR) is 94.8 cm³/mol. The molecule has 1 N–H and O–H groups in total. The molecular formula is C16H12ClF3N2S2. The van der Waals surface area contributed by atoms with E-state index in [1.165, 1.54) is 12.1 Å². The third kappa shape index (κ3) is 3.84. The first-order valence-electron chi connectivity index (χ1n) is 7.03. The molecule has 2 nitrogen and oxygen atoms in total. The van der Waals surface area contributed by atoms with Crippen molar-refractivity contribution in [1.29, 1.82) is 0 Å². The average Bonchev–Trinajstić information content (AvgIpc) is 2.88. The fourth-order valence-electron chi connectivity index (χ4n) is 2.38. The van der Waals surface area contributed by atoms with E-state index in [-0.39, 0.29) is 16.7 Å². The monoisotopic (exact) mass is 388 g/mol. The lowest BCUT2D eigenvalue weighted by Gasteiger charge is -2.07. The Bertz CT molecular complexity index is 877. The molecule has 24 heavy (non-hydrogen) atoms. The number of thioether (sulfide) groups is 2. The zero-order chi connectivity index (χ0) is 17.3. The standard InChI is InChI=1S/C16H12ClF3N2S2/c1-2-23-13-5-6-21-15(17)14(13)12-8-9-7-10(24-16(18,19)20)3-4-11(9)22-12/h3-8,22H,2H2,1H3. The molecule has 0 aliphatic carbocycles. The number of alkyl halides is 3. The maximum atomic E-state index is 12.5. The van der Waals surface area contributed by atoms with Crippen molar-refractivity contribution >= 4 is 46.0 Å². The number of benzene rings is 1. The van der Waals surface area contributed by atoms with Crippen molar-refractivity contribution in [3.05, 3.63) is 41.7 Å². The maximum Gasteiger partial charge on any atom is 0.446 e. The Kier molecular flexibility index (Phi) is 5.03. The molecule has 126 valence electrons. The van der Waals surface area contributed by atoms with Crippen molar-refractivity contribution in [2.45, 2.75) is 22.2 Å². The van der Waals surface area contributed by atoms with Gasteiger partial charge in [-0.15, -0.1) is 11.8 Å². The molecule has 0 atom stereocenters. The summed E-state index contributed by atoms with van der Waals surface area (Å²) in [6, 6.07) is 8.30. The van der Waals surface area contributed by atoms with Gasteiger partial charge in [0.15, 0.2) is 0 Å². The number of hydrogen-bond acceptors (Lipinski definition) is 3. The number of aromatic amines is 1. The van der Waals surface area contributed by atoms with Gasteiger partial charge in [-0.3, -0.25) is 0 Å². The van der Waals surface area contributed by atoms with E-state index in [9.17, 15) is 13.2 Å². The summed E-state index contributed by atoms with van der Waals surface area (Å²) in [5.74, 6) is 0.875. The van der Waals surface area contributed by atoms with E-state index in [2.05, 4.69) is 9.97 Å². The molecule has 0 unspecified atom stereocenters. The second-order valence-corrected chi connectivity index (χ2v) is 7.69. The summed E-state index contributed by atoms with van der Waals surface area (Å²) in [5, 5.41) is 1.07. The Morgan fingerprint density at radius 3 is 2.71 bits per heavy atom. The van der Waals surface area contributed by atoms with E-state index >= 15 is 0 Å². The summed E-state index contributed by atoms with van der Waals surface area (Å²) in [4.78, 5) is 8.46. The highest BCUT2D eigenvalue weighted by atomic mass is 35.5. The number of H-pyrrole nitrogens is 1. The molecule has 0 fully saturated rings. The Morgan fingerprint density at radius 1 is 1.21 bits per heavy atom. The second-order valence-electron chi connectivity index (χ2n) is 4.89. The molecule has 0 radical (unpaired) electrons. The summed E-state index contributed by atoms with van der Waals surface area (Å²) in [6.07, 6.45) is 1.64. The lowest BCUT2D eigenvalue weighted by Crippen LogP contribution is -1.98. The van der Waals surface area contributed by atoms with Gasteiger partial charge in [0.05, 0.1) is 5.69 Å². The van der Waals surface area contributed by atoms with E-state index < -0.39 is 5.51 Å². The topological polar surface area (TPSA) is 28.7 Å². The van der Waals surface area contributed by atoms with Gasteiger partial charge in [0.1, 0.15) is 5.15 Å². The third-order valence-electron chi connectivity index (χ3n) is 3.26. The summed E-state index contributed by atoms with van der Waals surface area (Å²) >= 11 is 7.76. The van der Waals surface area contributed by atoms with Crippen LogP contribution in [0.2, 0.25) is 5.15 Å². The number of nitrogens with one attached hydrogen (secondary N) is 1. The minimum Gasteiger partial charge on any atom is -0.354 e. The number of pyridine rings is 1. The number of nitrogens with zero attached hydrogens (tertiary/aromatic N) is 1. The van der Waals surface area contributed by atoms with Crippen LogP contribution in [0.25, 0.3) is 22.2 Å². The zero-order valence-corrected chi connectivity index (χ0v) is 14.8. The molecule has 0 bridgehead atoms. The largest absolute Gasteiger partial charge is 0.446 e. The molecule has 8 heteroatoms. The van der Waals surface area contributed by atoms with Crippen molar-refractivity contribution in [3.63, 3.8) is 0 Å². The van der Waals surface area contributed by atoms with Gasteiger partial charge in [-0.05, 0) is 47.8 Å². The summed E-state index contributed by atoms with van der Waals surface area (Å²) in [6.45, 7) is 2.04. The molecule has 0 spiro atoms. The van der Waals surface area contributed by atoms with Gasteiger partial charge in [0, 0.05) is 32.5 Å². The molecular weight excluding hydrogens is 377 g/mol. The molecule has 0 saturated carbocycles. The molecule has 2 aromatic heterocycles. The van der Waals surface area contributed by atoms with E-state index in [1.807, 2.05) is 13.0 Å². The SMILES string of the molecule is CCSc1ccnc(Cl)c1-c1cc2cc(SC(F)(F)F)ccc2[nH]1. The Morgan fingerprint density at radius 2 is 2.00 bits per heavy atom. The fraction of sp³-hybridized carbons (Fsp3) is 0.188. The van der Waals surface area contributed by atoms with E-state index in [1.54, 1.807) is 30.1 Å². The number of fused-ring (bicyclic) bond motifs is 1. The van der Waals surface area contributed by atoms with Gasteiger partial charge in [-0.1, -0.05) is 18.5 Å². The van der Waals surface area contributed by atoms with Crippen LogP contribution in [-0.4, -0.2) is 21.2 Å². The Labute approximate surface area is 150 Å². The maximum absolute atomic E-state index is 12.5. The number of aromatic nitrogens is 2. The fourth-order valence-corrected chi connectivity index (χ4v) is 4.11. The summed E-state index contributed by atoms with van der Waals surface area (Å²) < 4.78 is 37.6. The van der Waals surface area contributed by atoms with E-state index in [0.717, 1.165) is 27.4 Å². The predicted octanol–water partition coefficient (Wildman–Crippen LogP) is 6.61. The average molecular weight is 389 g/mol. The molecule has 3 aromatic rings. The van der Waals surface area contributed by atoms with Crippen molar-refractivity contribution in [1.82, 2.24) is 9.97 Å². The van der Waals surface area contributed by atoms with Crippen LogP contribution < -0.4 is 0 Å². The van der Waals surface area contributed by atoms with Crippen molar-refractivity contribution in [2.75, 3.05) is 5.75 Å². The Balaban J connectivity index is 2.06. The summed E-state index contributed by atoms with van der Waals surface area (Å²) in [5.41, 5.74) is -2.03. The number of halogens is 4. The normalized spacial score (nSPS) is 12.0. The minimum absolute atomic E-state index is 0.121. The molecule has 0 aliphatic heterocycles. The van der Waals surface area contributed by atoms with Crippen molar-refractivity contribution < 1.29 is 13.2 Å². The van der Waals surface area contributed by atoms with E-state index in [4.69, 9.17) is 11.6 Å². The van der Waals surface area contributed by atoms with Gasteiger partial charge < -0.3 is 4.98 Å². The van der Waals surface area contributed by atoms with Crippen LogP contribution in [0.4, 0.5) is 13.2 Å². The van der Waals surface area contributed by atoms with Gasteiger partial charge >= 0.3 is 5.51 Å². The highest BCUT2D eigenvalue weighted by molar-refractivity contribution is 8.00. The molecule has 2 heterocycles. The lowest BCUT2D eigenvalue weighted by atomic mass is 10.2. The van der Waals surface area contributed by atoms with Crippen molar-refractivity contribution in [3.8, 4) is 11.3 Å². The molecule has 0 amide bonds. The van der Waals surface area contributed by atoms with Crippen LogP contribution in [0.1, 0.15) is 6.92 Å². The third-order valence-corrected chi connectivity index (χ3v) is 5.21. The highest BCUT2D eigenvalue weighted by Crippen LogP contribution is 2.40. The van der Waals surface area contributed by atoms with Crippen LogP contribution in [0.5, 0.6) is 0 Å². The van der Waals surface area contributed by atoms with Crippen LogP contribution >= 0.6 is 35.1 Å². The van der Waals surface area contributed by atoms with Crippen LogP contribution in [-0.2, 0) is 0 Å².